The summed E-state index contributed by atoms with van der Waals surface area (Å²) in [4.78, 5) is 0.686. The zero-order valence-electron chi connectivity index (χ0n) is 12.1. The average molecular weight is 299 g/mol. The van der Waals surface area contributed by atoms with E-state index in [0.29, 0.717) is 31.7 Å². The number of nitrogen functional groups attached to an aromatic ring is 1. The zero-order chi connectivity index (χ0) is 14.5. The molecular weight excluding hydrogens is 274 g/mol. The molecule has 0 fully saturated rings. The Morgan fingerprint density at radius 2 is 1.95 bits per heavy atom. The van der Waals surface area contributed by atoms with Crippen molar-refractivity contribution in [1.82, 2.24) is 4.72 Å². The summed E-state index contributed by atoms with van der Waals surface area (Å²) < 4.78 is 20.0. The van der Waals surface area contributed by atoms with Crippen LogP contribution in [-0.2, 0) is 9.92 Å². The highest BCUT2D eigenvalue weighted by molar-refractivity contribution is 7.91. The lowest BCUT2D eigenvalue weighted by Gasteiger charge is -2.13. The second-order valence-electron chi connectivity index (χ2n) is 5.18. The van der Waals surface area contributed by atoms with E-state index in [-0.39, 0.29) is 0 Å². The van der Waals surface area contributed by atoms with Crippen molar-refractivity contribution in [3.63, 3.8) is 0 Å². The third-order valence-electron chi connectivity index (χ3n) is 3.29. The lowest BCUT2D eigenvalue weighted by molar-refractivity contribution is 0.612. The molecule has 0 aliphatic rings. The van der Waals surface area contributed by atoms with E-state index in [1.807, 2.05) is 0 Å². The average Bonchev–Trinajstić information content (AvgIpc) is 2.39. The molecule has 0 bridgehead atoms. The first-order valence-electron chi connectivity index (χ1n) is 6.40. The molecule has 19 heavy (non-hydrogen) atoms. The summed E-state index contributed by atoms with van der Waals surface area (Å²) in [6, 6.07) is 7.05. The number of nitrogens with zero attached hydrogens (tertiary/aromatic N) is 1. The first kappa shape index (κ1) is 16.2. The van der Waals surface area contributed by atoms with Gasteiger partial charge in [-0.25, -0.2) is 13.3 Å². The van der Waals surface area contributed by atoms with Crippen LogP contribution in [-0.4, -0.2) is 27.3 Å². The fourth-order valence-corrected chi connectivity index (χ4v) is 3.30. The predicted molar refractivity (Wildman–Crippen MR) is 85.3 cm³/mol. The molecule has 0 aliphatic heterocycles. The second kappa shape index (κ2) is 6.54. The highest BCUT2D eigenvalue weighted by Crippen LogP contribution is 2.27. The van der Waals surface area contributed by atoms with Crippen molar-refractivity contribution in [3.8, 4) is 0 Å². The van der Waals surface area contributed by atoms with Gasteiger partial charge in [0.1, 0.15) is 9.92 Å². The summed E-state index contributed by atoms with van der Waals surface area (Å²) in [6.07, 6.45) is 0.965. The van der Waals surface area contributed by atoms with E-state index < -0.39 is 9.92 Å². The van der Waals surface area contributed by atoms with Crippen LogP contribution in [0.1, 0.15) is 20.3 Å². The van der Waals surface area contributed by atoms with E-state index in [9.17, 15) is 4.21 Å². The molecular formula is C13H24N3OSSi+. The van der Waals surface area contributed by atoms with Crippen molar-refractivity contribution in [1.29, 1.82) is 0 Å². The minimum absolute atomic E-state index is 0.318. The monoisotopic (exact) mass is 298 g/mol. The van der Waals surface area contributed by atoms with Gasteiger partial charge in [-0.1, -0.05) is 0 Å². The van der Waals surface area contributed by atoms with Gasteiger partial charge in [-0.2, -0.15) is 0 Å². The number of anilines is 1. The van der Waals surface area contributed by atoms with Crippen LogP contribution < -0.4 is 10.5 Å². The summed E-state index contributed by atoms with van der Waals surface area (Å²) in [7, 11) is -0.462. The molecule has 0 radical (unpaired) electrons. The number of benzene rings is 1. The SMILES string of the molecule is CNS(=O)(=NCCC(C)(C)[SiH+]C)c1ccc(N)cc1. The molecule has 0 saturated carbocycles. The van der Waals surface area contributed by atoms with Gasteiger partial charge in [0, 0.05) is 12.1 Å². The van der Waals surface area contributed by atoms with Crippen LogP contribution >= 0.6 is 0 Å². The molecule has 0 spiro atoms. The number of hydrogen-bond acceptors (Lipinski definition) is 3. The molecule has 0 saturated heterocycles. The Bertz CT molecular complexity index is 519. The highest BCUT2D eigenvalue weighted by atomic mass is 32.2. The highest BCUT2D eigenvalue weighted by Gasteiger charge is 2.25. The van der Waals surface area contributed by atoms with Gasteiger partial charge in [0.2, 0.25) is 0 Å². The van der Waals surface area contributed by atoms with Crippen molar-refractivity contribution in [3.05, 3.63) is 24.3 Å². The number of nitrogens with two attached hydrogens (primary N) is 1. The Hall–Kier alpha value is -0.853. The molecule has 0 amide bonds. The molecule has 1 aromatic carbocycles. The maximum absolute atomic E-state index is 12.7. The third-order valence-corrected chi connectivity index (χ3v) is 7.15. The van der Waals surface area contributed by atoms with Crippen LogP contribution in [0.15, 0.2) is 33.5 Å². The molecule has 1 aromatic rings. The zero-order valence-corrected chi connectivity index (χ0v) is 14.1. The Balaban J connectivity index is 2.92. The van der Waals surface area contributed by atoms with E-state index >= 15 is 0 Å². The van der Waals surface area contributed by atoms with Crippen molar-refractivity contribution in [2.24, 2.45) is 4.36 Å². The normalized spacial score (nSPS) is 14.7. The minimum atomic E-state index is -2.52. The Labute approximate surface area is 119 Å². The van der Waals surface area contributed by atoms with Crippen LogP contribution in [0.3, 0.4) is 0 Å². The molecule has 0 heterocycles. The summed E-state index contributed by atoms with van der Waals surface area (Å²) in [5, 5.41) is 0.318. The van der Waals surface area contributed by atoms with Crippen molar-refractivity contribution in [2.75, 3.05) is 19.3 Å². The molecule has 6 heteroatoms. The van der Waals surface area contributed by atoms with Gasteiger partial charge in [0.15, 0.2) is 0 Å². The molecule has 4 nitrogen and oxygen atoms in total. The van der Waals surface area contributed by atoms with E-state index in [1.165, 1.54) is 0 Å². The van der Waals surface area contributed by atoms with Crippen molar-refractivity contribution < 1.29 is 4.21 Å². The summed E-state index contributed by atoms with van der Waals surface area (Å²) in [5.74, 6) is 0. The van der Waals surface area contributed by atoms with Crippen LogP contribution in [0.4, 0.5) is 5.69 Å². The lowest BCUT2D eigenvalue weighted by Crippen LogP contribution is -2.20. The summed E-state index contributed by atoms with van der Waals surface area (Å²) in [6.45, 7) is 7.33. The number of rotatable bonds is 6. The van der Waals surface area contributed by atoms with Gasteiger partial charge in [-0.3, -0.25) is 0 Å². The second-order valence-corrected chi connectivity index (χ2v) is 9.51. The summed E-state index contributed by atoms with van der Waals surface area (Å²) in [5.41, 5.74) is 6.31. The summed E-state index contributed by atoms with van der Waals surface area (Å²) >= 11 is 0. The molecule has 3 N–H and O–H groups in total. The van der Waals surface area contributed by atoms with Crippen molar-refractivity contribution >= 4 is 25.1 Å². The van der Waals surface area contributed by atoms with Crippen LogP contribution in [0.2, 0.25) is 11.6 Å². The van der Waals surface area contributed by atoms with Gasteiger partial charge >= 0.3 is 9.52 Å². The largest absolute Gasteiger partial charge is 0.399 e. The van der Waals surface area contributed by atoms with Crippen molar-refractivity contribution in [2.45, 2.75) is 36.7 Å². The first-order valence-corrected chi connectivity index (χ1v) is 9.65. The molecule has 106 valence electrons. The Kier molecular flexibility index (Phi) is 5.58. The minimum Gasteiger partial charge on any atom is -0.399 e. The van der Waals surface area contributed by atoms with E-state index in [2.05, 4.69) is 29.5 Å². The Morgan fingerprint density at radius 3 is 2.42 bits per heavy atom. The lowest BCUT2D eigenvalue weighted by atomic mass is 10.1. The molecule has 1 unspecified atom stereocenters. The van der Waals surface area contributed by atoms with Gasteiger partial charge < -0.3 is 5.73 Å². The smallest absolute Gasteiger partial charge is 0.301 e. The maximum Gasteiger partial charge on any atom is 0.301 e. The third kappa shape index (κ3) is 4.63. The standard InChI is InChI=1S/C13H24N3OSSi/c1-13(2,19-4)9-10-16-18(17,15-3)12-7-5-11(14)6-8-12/h5-8,19H,9-10,14H2,1-4H3,(H,15,16,17)/q+1. The van der Waals surface area contributed by atoms with E-state index in [4.69, 9.17) is 5.73 Å². The quantitative estimate of drug-likeness (QED) is 0.625. The van der Waals surface area contributed by atoms with Gasteiger partial charge in [0.05, 0.1) is 23.0 Å². The van der Waals surface area contributed by atoms with Gasteiger partial charge in [0.25, 0.3) is 0 Å². The van der Waals surface area contributed by atoms with Crippen LogP contribution in [0, 0.1) is 0 Å². The van der Waals surface area contributed by atoms with Crippen LogP contribution in [0.25, 0.3) is 0 Å². The molecule has 0 aliphatic carbocycles. The number of nitrogens with one attached hydrogen (secondary N) is 1. The Morgan fingerprint density at radius 1 is 1.37 bits per heavy atom. The molecule has 1 atom stereocenters. The topological polar surface area (TPSA) is 67.5 Å². The molecule has 1 rings (SSSR count). The van der Waals surface area contributed by atoms with Gasteiger partial charge in [-0.15, -0.1) is 0 Å². The maximum atomic E-state index is 12.7. The van der Waals surface area contributed by atoms with E-state index in [0.717, 1.165) is 6.42 Å². The molecule has 0 aromatic heterocycles. The predicted octanol–water partition coefficient (Wildman–Crippen LogP) is 2.30. The van der Waals surface area contributed by atoms with Gasteiger partial charge in [-0.05, 0) is 45.2 Å². The first-order chi connectivity index (χ1) is 8.83. The van der Waals surface area contributed by atoms with Crippen LogP contribution in [0.5, 0.6) is 0 Å². The fourth-order valence-electron chi connectivity index (χ4n) is 1.52. The van der Waals surface area contributed by atoms with E-state index in [1.54, 1.807) is 31.3 Å². The number of hydrogen-bond donors (Lipinski definition) is 2. The fraction of sp³-hybridized carbons (Fsp3) is 0.538.